The molecule has 2 rings (SSSR count). The number of rotatable bonds is 12. The number of nitrogens with zero attached hydrogens (tertiary/aromatic N) is 2. The van der Waals surface area contributed by atoms with Crippen molar-refractivity contribution in [2.75, 3.05) is 33.9 Å². The second kappa shape index (κ2) is 12.3. The van der Waals surface area contributed by atoms with E-state index < -0.39 is 10.0 Å². The van der Waals surface area contributed by atoms with Gasteiger partial charge in [-0.3, -0.25) is 4.90 Å². The maximum absolute atomic E-state index is 12.9. The fourth-order valence-electron chi connectivity index (χ4n) is 3.47. The lowest BCUT2D eigenvalue weighted by Gasteiger charge is -2.34. The van der Waals surface area contributed by atoms with Gasteiger partial charge < -0.3 is 9.84 Å². The zero-order valence-electron chi connectivity index (χ0n) is 18.9. The van der Waals surface area contributed by atoms with Gasteiger partial charge in [0.05, 0.1) is 17.6 Å². The zero-order chi connectivity index (χ0) is 23.9. The Hall–Kier alpha value is -1.19. The van der Waals surface area contributed by atoms with E-state index in [-0.39, 0.29) is 36.1 Å². The van der Waals surface area contributed by atoms with Crippen LogP contribution in [0.15, 0.2) is 53.4 Å². The van der Waals surface area contributed by atoms with Crippen LogP contribution in [-0.2, 0) is 21.3 Å². The van der Waals surface area contributed by atoms with Crippen molar-refractivity contribution in [3.8, 4) is 0 Å². The number of aliphatic hydroxyl groups is 1. The lowest BCUT2D eigenvalue weighted by atomic mass is 10.0. The Balaban J connectivity index is 2.12. The lowest BCUT2D eigenvalue weighted by molar-refractivity contribution is 0.0194. The van der Waals surface area contributed by atoms with Gasteiger partial charge in [-0.1, -0.05) is 48.3 Å². The standard InChI is InChI=1S/C23H32Cl2N2O4S/c1-17(13-27(18(2)16-28)14-19-7-5-6-8-22(19)25)23(31-4)15-26(3)32(29,30)21-11-9-20(24)10-12-21/h5-12,17-18,23,28H,13-16H2,1-4H3/t17-,18-,23-/m1/s1. The van der Waals surface area contributed by atoms with E-state index in [1.54, 1.807) is 26.3 Å². The second-order valence-corrected chi connectivity index (χ2v) is 10.9. The SMILES string of the molecule is CO[C@H](CN(C)S(=O)(=O)c1ccc(Cl)cc1)[C@H](C)CN(Cc1ccccc1Cl)[C@H](C)CO. The van der Waals surface area contributed by atoms with E-state index in [1.807, 2.05) is 38.1 Å². The molecule has 0 fully saturated rings. The molecule has 2 aromatic rings. The van der Waals surface area contributed by atoms with Crippen LogP contribution in [0.4, 0.5) is 0 Å². The summed E-state index contributed by atoms with van der Waals surface area (Å²) in [6.45, 7) is 5.32. The monoisotopic (exact) mass is 502 g/mol. The van der Waals surface area contributed by atoms with Crippen LogP contribution in [0.1, 0.15) is 19.4 Å². The van der Waals surface area contributed by atoms with Gasteiger partial charge in [0.15, 0.2) is 0 Å². The molecule has 0 unspecified atom stereocenters. The minimum Gasteiger partial charge on any atom is -0.395 e. The smallest absolute Gasteiger partial charge is 0.242 e. The highest BCUT2D eigenvalue weighted by molar-refractivity contribution is 7.89. The molecule has 2 aromatic carbocycles. The molecule has 0 heterocycles. The predicted octanol–water partition coefficient (Wildman–Crippen LogP) is 4.15. The summed E-state index contributed by atoms with van der Waals surface area (Å²) < 4.78 is 32.9. The minimum atomic E-state index is -3.67. The van der Waals surface area contributed by atoms with Crippen molar-refractivity contribution >= 4 is 33.2 Å². The highest BCUT2D eigenvalue weighted by Gasteiger charge is 2.28. The molecule has 0 saturated heterocycles. The van der Waals surface area contributed by atoms with Gasteiger partial charge in [0.25, 0.3) is 0 Å². The van der Waals surface area contributed by atoms with Crippen molar-refractivity contribution in [1.82, 2.24) is 9.21 Å². The van der Waals surface area contributed by atoms with E-state index in [0.29, 0.717) is 23.1 Å². The molecule has 9 heteroatoms. The van der Waals surface area contributed by atoms with E-state index in [2.05, 4.69) is 4.90 Å². The molecular formula is C23H32Cl2N2O4S. The fraction of sp³-hybridized carbons (Fsp3) is 0.478. The number of likely N-dealkylation sites (N-methyl/N-ethyl adjacent to an activating group) is 1. The Kier molecular flexibility index (Phi) is 10.4. The Bertz CT molecular complexity index is 957. The van der Waals surface area contributed by atoms with Gasteiger partial charge in [-0.2, -0.15) is 4.31 Å². The van der Waals surface area contributed by atoms with Crippen LogP contribution in [0.3, 0.4) is 0 Å². The van der Waals surface area contributed by atoms with Gasteiger partial charge >= 0.3 is 0 Å². The van der Waals surface area contributed by atoms with Crippen LogP contribution in [0.2, 0.25) is 10.0 Å². The van der Waals surface area contributed by atoms with Crippen molar-refractivity contribution in [3.63, 3.8) is 0 Å². The van der Waals surface area contributed by atoms with Gasteiger partial charge in [-0.25, -0.2) is 8.42 Å². The van der Waals surface area contributed by atoms with Crippen LogP contribution >= 0.6 is 23.2 Å². The molecule has 0 aliphatic carbocycles. The molecule has 32 heavy (non-hydrogen) atoms. The molecule has 0 aromatic heterocycles. The molecule has 6 nitrogen and oxygen atoms in total. The summed E-state index contributed by atoms with van der Waals surface area (Å²) in [7, 11) is -0.551. The third-order valence-electron chi connectivity index (χ3n) is 5.64. The van der Waals surface area contributed by atoms with Gasteiger partial charge in [0, 0.05) is 49.9 Å². The molecule has 0 saturated carbocycles. The summed E-state index contributed by atoms with van der Waals surface area (Å²) >= 11 is 12.2. The largest absolute Gasteiger partial charge is 0.395 e. The Morgan fingerprint density at radius 3 is 2.22 bits per heavy atom. The summed E-state index contributed by atoms with van der Waals surface area (Å²) in [5, 5.41) is 10.9. The van der Waals surface area contributed by atoms with Crippen molar-refractivity contribution in [3.05, 3.63) is 64.1 Å². The number of hydrogen-bond acceptors (Lipinski definition) is 5. The van der Waals surface area contributed by atoms with Crippen LogP contribution < -0.4 is 0 Å². The average molecular weight is 503 g/mol. The van der Waals surface area contributed by atoms with Crippen LogP contribution in [0.5, 0.6) is 0 Å². The summed E-state index contributed by atoms with van der Waals surface area (Å²) in [5.74, 6) is -0.0145. The summed E-state index contributed by atoms with van der Waals surface area (Å²) in [4.78, 5) is 2.31. The van der Waals surface area contributed by atoms with E-state index in [0.717, 1.165) is 5.56 Å². The molecule has 1 N–H and O–H groups in total. The summed E-state index contributed by atoms with van der Waals surface area (Å²) in [6, 6.07) is 13.6. The number of hydrogen-bond donors (Lipinski definition) is 1. The van der Waals surface area contributed by atoms with Crippen molar-refractivity contribution in [2.24, 2.45) is 5.92 Å². The molecule has 0 aliphatic rings. The number of benzene rings is 2. The first-order valence-corrected chi connectivity index (χ1v) is 12.6. The third kappa shape index (κ3) is 7.15. The number of ether oxygens (including phenoxy) is 1. The zero-order valence-corrected chi connectivity index (χ0v) is 21.2. The Labute approximate surface area is 201 Å². The number of halogens is 2. The van der Waals surface area contributed by atoms with E-state index in [4.69, 9.17) is 27.9 Å². The summed E-state index contributed by atoms with van der Waals surface area (Å²) in [5.41, 5.74) is 0.970. The minimum absolute atomic E-state index is 0.000327. The second-order valence-electron chi connectivity index (χ2n) is 8.04. The topological polar surface area (TPSA) is 70.1 Å². The molecule has 0 bridgehead atoms. The number of sulfonamides is 1. The number of aliphatic hydroxyl groups excluding tert-OH is 1. The van der Waals surface area contributed by atoms with Gasteiger partial charge in [-0.15, -0.1) is 0 Å². The fourth-order valence-corrected chi connectivity index (χ4v) is 4.98. The predicted molar refractivity (Wildman–Crippen MR) is 130 cm³/mol. The number of methoxy groups -OCH3 is 1. The molecule has 3 atom stereocenters. The van der Waals surface area contributed by atoms with Gasteiger partial charge in [-0.05, 0) is 48.7 Å². The first-order chi connectivity index (χ1) is 15.1. The molecule has 0 spiro atoms. The van der Waals surface area contributed by atoms with Crippen LogP contribution in [0, 0.1) is 5.92 Å². The lowest BCUT2D eigenvalue weighted by Crippen LogP contribution is -2.44. The van der Waals surface area contributed by atoms with Crippen LogP contribution in [0.25, 0.3) is 0 Å². The van der Waals surface area contributed by atoms with Crippen molar-refractivity contribution in [2.45, 2.75) is 37.4 Å². The van der Waals surface area contributed by atoms with Crippen LogP contribution in [-0.4, -0.2) is 68.7 Å². The highest BCUT2D eigenvalue weighted by Crippen LogP contribution is 2.22. The maximum Gasteiger partial charge on any atom is 0.242 e. The Morgan fingerprint density at radius 1 is 1.03 bits per heavy atom. The third-order valence-corrected chi connectivity index (χ3v) is 8.10. The quantitative estimate of drug-likeness (QED) is 0.472. The van der Waals surface area contributed by atoms with Crippen molar-refractivity contribution in [1.29, 1.82) is 0 Å². The first-order valence-electron chi connectivity index (χ1n) is 10.4. The maximum atomic E-state index is 12.9. The molecule has 178 valence electrons. The Morgan fingerprint density at radius 2 is 1.66 bits per heavy atom. The van der Waals surface area contributed by atoms with E-state index >= 15 is 0 Å². The molecule has 0 radical (unpaired) electrons. The van der Waals surface area contributed by atoms with E-state index in [1.165, 1.54) is 16.4 Å². The molecule has 0 aliphatic heterocycles. The molecular weight excluding hydrogens is 471 g/mol. The highest BCUT2D eigenvalue weighted by atomic mass is 35.5. The average Bonchev–Trinajstić information content (AvgIpc) is 2.77. The van der Waals surface area contributed by atoms with Gasteiger partial charge in [0.1, 0.15) is 0 Å². The normalized spacial score (nSPS) is 15.2. The van der Waals surface area contributed by atoms with E-state index in [9.17, 15) is 13.5 Å². The summed E-state index contributed by atoms with van der Waals surface area (Å²) in [6.07, 6.45) is -0.346. The van der Waals surface area contributed by atoms with Gasteiger partial charge in [0.2, 0.25) is 10.0 Å². The molecule has 0 amide bonds. The van der Waals surface area contributed by atoms with Crippen molar-refractivity contribution < 1.29 is 18.3 Å². The first kappa shape index (κ1) is 27.1.